The number of carbonyl (C=O) groups excluding carboxylic acids is 1. The zero-order valence-electron chi connectivity index (χ0n) is 14.9. The number of hydrogen-bond acceptors (Lipinski definition) is 5. The molecule has 0 atom stereocenters. The monoisotopic (exact) mass is 382 g/mol. The van der Waals surface area contributed by atoms with Crippen molar-refractivity contribution >= 4 is 45.0 Å². The van der Waals surface area contributed by atoms with Gasteiger partial charge in [-0.1, -0.05) is 37.3 Å². The highest BCUT2D eigenvalue weighted by molar-refractivity contribution is 7.22. The first kappa shape index (κ1) is 19.9. The normalized spacial score (nSPS) is 15.3. The number of rotatable bonds is 5. The van der Waals surface area contributed by atoms with Crippen LogP contribution in [0.2, 0.25) is 0 Å². The molecule has 0 spiro atoms. The summed E-state index contributed by atoms with van der Waals surface area (Å²) in [7, 11) is 0. The Balaban J connectivity index is 0.00000225. The summed E-state index contributed by atoms with van der Waals surface area (Å²) in [4.78, 5) is 21.9. The van der Waals surface area contributed by atoms with Crippen LogP contribution in [0.5, 0.6) is 0 Å². The Labute approximate surface area is 159 Å². The number of hydrogen-bond donors (Lipinski definition) is 1. The summed E-state index contributed by atoms with van der Waals surface area (Å²) in [5, 5.41) is 1.05. The SMILES string of the molecule is CCC(CC)(CN)C(=O)N1CCN(c2nc3ccccc3s2)CC1.Cl. The Morgan fingerprint density at radius 1 is 1.20 bits per heavy atom. The van der Waals surface area contributed by atoms with Crippen molar-refractivity contribution in [3.63, 3.8) is 0 Å². The van der Waals surface area contributed by atoms with Gasteiger partial charge in [0.2, 0.25) is 5.91 Å². The van der Waals surface area contributed by atoms with Crippen LogP contribution in [-0.4, -0.2) is 48.5 Å². The van der Waals surface area contributed by atoms with Crippen molar-refractivity contribution in [1.29, 1.82) is 0 Å². The van der Waals surface area contributed by atoms with Gasteiger partial charge in [-0.3, -0.25) is 4.79 Å². The van der Waals surface area contributed by atoms with Gasteiger partial charge in [-0.05, 0) is 25.0 Å². The lowest BCUT2D eigenvalue weighted by Gasteiger charge is -2.40. The van der Waals surface area contributed by atoms with Crippen molar-refractivity contribution in [1.82, 2.24) is 9.88 Å². The maximum atomic E-state index is 12.9. The van der Waals surface area contributed by atoms with Gasteiger partial charge >= 0.3 is 0 Å². The summed E-state index contributed by atoms with van der Waals surface area (Å²) in [5.74, 6) is 0.221. The van der Waals surface area contributed by atoms with Gasteiger partial charge in [0.05, 0.1) is 15.6 Å². The lowest BCUT2D eigenvalue weighted by Crippen LogP contribution is -2.54. The largest absolute Gasteiger partial charge is 0.345 e. The first-order valence-corrected chi connectivity index (χ1v) is 9.55. The fourth-order valence-electron chi connectivity index (χ4n) is 3.36. The van der Waals surface area contributed by atoms with Crippen LogP contribution in [0, 0.1) is 5.41 Å². The number of thiazole rings is 1. The highest BCUT2D eigenvalue weighted by Crippen LogP contribution is 2.31. The second kappa shape index (κ2) is 8.34. The first-order chi connectivity index (χ1) is 11.6. The number of halogens is 1. The van der Waals surface area contributed by atoms with Gasteiger partial charge in [-0.15, -0.1) is 12.4 Å². The van der Waals surface area contributed by atoms with E-state index in [1.807, 2.05) is 23.1 Å². The molecule has 1 aromatic carbocycles. The summed E-state index contributed by atoms with van der Waals surface area (Å²) in [6, 6.07) is 8.22. The van der Waals surface area contributed by atoms with E-state index >= 15 is 0 Å². The van der Waals surface area contributed by atoms with Crippen molar-refractivity contribution in [2.75, 3.05) is 37.6 Å². The number of benzene rings is 1. The number of amides is 1. The minimum Gasteiger partial charge on any atom is -0.345 e. The maximum absolute atomic E-state index is 12.9. The Bertz CT molecular complexity index is 667. The molecule has 0 aliphatic carbocycles. The molecule has 7 heteroatoms. The third-order valence-electron chi connectivity index (χ3n) is 5.32. The molecule has 5 nitrogen and oxygen atoms in total. The molecule has 0 unspecified atom stereocenters. The van der Waals surface area contributed by atoms with E-state index < -0.39 is 5.41 Å². The van der Waals surface area contributed by atoms with Gasteiger partial charge in [0.15, 0.2) is 5.13 Å². The smallest absolute Gasteiger partial charge is 0.230 e. The van der Waals surface area contributed by atoms with Gasteiger partial charge in [0.1, 0.15) is 0 Å². The molecule has 1 fully saturated rings. The Morgan fingerprint density at radius 3 is 2.40 bits per heavy atom. The molecule has 1 amide bonds. The van der Waals surface area contributed by atoms with Gasteiger partial charge < -0.3 is 15.5 Å². The molecule has 138 valence electrons. The average Bonchev–Trinajstić information content (AvgIpc) is 3.08. The highest BCUT2D eigenvalue weighted by atomic mass is 35.5. The van der Waals surface area contributed by atoms with E-state index in [-0.39, 0.29) is 18.3 Å². The number of aromatic nitrogens is 1. The zero-order valence-corrected chi connectivity index (χ0v) is 16.5. The molecular formula is C18H27ClN4OS. The summed E-state index contributed by atoms with van der Waals surface area (Å²) >= 11 is 1.72. The number of nitrogens with zero attached hydrogens (tertiary/aromatic N) is 3. The third kappa shape index (κ3) is 3.76. The zero-order chi connectivity index (χ0) is 17.2. The Kier molecular flexibility index (Phi) is 6.65. The van der Waals surface area contributed by atoms with Crippen LogP contribution in [0.4, 0.5) is 5.13 Å². The average molecular weight is 383 g/mol. The fourth-order valence-corrected chi connectivity index (χ4v) is 4.38. The molecule has 2 heterocycles. The van der Waals surface area contributed by atoms with E-state index in [4.69, 9.17) is 10.7 Å². The van der Waals surface area contributed by atoms with Crippen LogP contribution in [0.1, 0.15) is 26.7 Å². The Hall–Kier alpha value is -1.37. The topological polar surface area (TPSA) is 62.5 Å². The van der Waals surface area contributed by atoms with Crippen LogP contribution in [0.3, 0.4) is 0 Å². The number of nitrogens with two attached hydrogens (primary N) is 1. The molecule has 1 aromatic heterocycles. The van der Waals surface area contributed by atoms with Gasteiger partial charge in [-0.2, -0.15) is 0 Å². The molecule has 1 aliphatic heterocycles. The highest BCUT2D eigenvalue weighted by Gasteiger charge is 2.38. The molecule has 2 aromatic rings. The lowest BCUT2D eigenvalue weighted by atomic mass is 9.81. The van der Waals surface area contributed by atoms with Crippen LogP contribution in [0.25, 0.3) is 10.2 Å². The second-order valence-corrected chi connectivity index (χ2v) is 7.44. The molecule has 25 heavy (non-hydrogen) atoms. The van der Waals surface area contributed by atoms with E-state index in [1.165, 1.54) is 4.70 Å². The second-order valence-electron chi connectivity index (χ2n) is 6.43. The first-order valence-electron chi connectivity index (χ1n) is 8.73. The van der Waals surface area contributed by atoms with E-state index in [2.05, 4.69) is 24.8 Å². The Morgan fingerprint density at radius 2 is 1.84 bits per heavy atom. The summed E-state index contributed by atoms with van der Waals surface area (Å²) in [5.41, 5.74) is 6.59. The number of piperazine rings is 1. The third-order valence-corrected chi connectivity index (χ3v) is 6.42. The van der Waals surface area contributed by atoms with Crippen molar-refractivity contribution in [3.8, 4) is 0 Å². The van der Waals surface area contributed by atoms with Gasteiger partial charge in [0.25, 0.3) is 0 Å². The van der Waals surface area contributed by atoms with Crippen LogP contribution >= 0.6 is 23.7 Å². The molecule has 0 saturated carbocycles. The van der Waals surface area contributed by atoms with Crippen LogP contribution in [0.15, 0.2) is 24.3 Å². The number of carbonyl (C=O) groups is 1. The predicted molar refractivity (Wildman–Crippen MR) is 108 cm³/mol. The van der Waals surface area contributed by atoms with E-state index in [9.17, 15) is 4.79 Å². The number of fused-ring (bicyclic) bond motifs is 1. The van der Waals surface area contributed by atoms with E-state index in [0.717, 1.165) is 49.7 Å². The quantitative estimate of drug-likeness (QED) is 0.862. The maximum Gasteiger partial charge on any atom is 0.230 e. The number of anilines is 1. The van der Waals surface area contributed by atoms with Crippen molar-refractivity contribution in [2.45, 2.75) is 26.7 Å². The van der Waals surface area contributed by atoms with Crippen molar-refractivity contribution in [3.05, 3.63) is 24.3 Å². The predicted octanol–water partition coefficient (Wildman–Crippen LogP) is 3.13. The van der Waals surface area contributed by atoms with Crippen LogP contribution < -0.4 is 10.6 Å². The fraction of sp³-hybridized carbons (Fsp3) is 0.556. The molecule has 0 radical (unpaired) electrons. The molecule has 3 rings (SSSR count). The van der Waals surface area contributed by atoms with Gasteiger partial charge in [0, 0.05) is 32.7 Å². The number of para-hydroxylation sites is 1. The van der Waals surface area contributed by atoms with E-state index in [0.29, 0.717) is 6.54 Å². The summed E-state index contributed by atoms with van der Waals surface area (Å²) < 4.78 is 1.21. The van der Waals surface area contributed by atoms with Crippen LogP contribution in [-0.2, 0) is 4.79 Å². The molecule has 1 aliphatic rings. The molecular weight excluding hydrogens is 356 g/mol. The molecule has 0 bridgehead atoms. The van der Waals surface area contributed by atoms with Gasteiger partial charge in [-0.25, -0.2) is 4.98 Å². The summed E-state index contributed by atoms with van der Waals surface area (Å²) in [6.45, 7) is 7.71. The molecule has 2 N–H and O–H groups in total. The van der Waals surface area contributed by atoms with Crippen molar-refractivity contribution < 1.29 is 4.79 Å². The van der Waals surface area contributed by atoms with Crippen molar-refractivity contribution in [2.24, 2.45) is 11.1 Å². The lowest BCUT2D eigenvalue weighted by molar-refractivity contribution is -0.142. The molecule has 1 saturated heterocycles. The minimum atomic E-state index is -0.391. The van der Waals surface area contributed by atoms with E-state index in [1.54, 1.807) is 11.3 Å². The standard InChI is InChI=1S/C18H26N4OS.ClH/c1-3-18(4-2,13-19)16(23)21-9-11-22(12-10-21)17-20-14-7-5-6-8-15(14)24-17;/h5-8H,3-4,9-13,19H2,1-2H3;1H. The minimum absolute atomic E-state index is 0. The summed E-state index contributed by atoms with van der Waals surface area (Å²) in [6.07, 6.45) is 1.60.